The number of benzene rings is 1. The summed E-state index contributed by atoms with van der Waals surface area (Å²) in [4.78, 5) is 19.2. The SMILES string of the molecule is COc1ccccc1CC(=O)N1CCCCC[C@@H]1c1noc(C)n1. The summed E-state index contributed by atoms with van der Waals surface area (Å²) in [5, 5.41) is 4.05. The molecule has 0 unspecified atom stereocenters. The second kappa shape index (κ2) is 7.47. The van der Waals surface area contributed by atoms with Crippen molar-refractivity contribution in [1.29, 1.82) is 0 Å². The van der Waals surface area contributed by atoms with Crippen molar-refractivity contribution < 1.29 is 14.1 Å². The van der Waals surface area contributed by atoms with E-state index in [2.05, 4.69) is 10.1 Å². The van der Waals surface area contributed by atoms with E-state index in [4.69, 9.17) is 9.26 Å². The first-order valence-electron chi connectivity index (χ1n) is 8.40. The molecule has 6 heteroatoms. The van der Waals surface area contributed by atoms with Crippen LogP contribution in [0.1, 0.15) is 49.0 Å². The lowest BCUT2D eigenvalue weighted by atomic mass is 10.1. The number of carbonyl (C=O) groups is 1. The summed E-state index contributed by atoms with van der Waals surface area (Å²) in [6.07, 6.45) is 4.38. The molecule has 1 aliphatic heterocycles. The highest BCUT2D eigenvalue weighted by atomic mass is 16.5. The molecular weight excluding hydrogens is 306 g/mol. The molecule has 1 aliphatic rings. The summed E-state index contributed by atoms with van der Waals surface area (Å²) in [5.41, 5.74) is 0.900. The topological polar surface area (TPSA) is 68.5 Å². The monoisotopic (exact) mass is 329 g/mol. The van der Waals surface area contributed by atoms with Crippen molar-refractivity contribution in [3.63, 3.8) is 0 Å². The van der Waals surface area contributed by atoms with Gasteiger partial charge in [-0.05, 0) is 18.9 Å². The van der Waals surface area contributed by atoms with E-state index in [1.54, 1.807) is 14.0 Å². The first-order chi connectivity index (χ1) is 11.7. The quantitative estimate of drug-likeness (QED) is 0.862. The Labute approximate surface area is 141 Å². The summed E-state index contributed by atoms with van der Waals surface area (Å²) in [7, 11) is 1.63. The molecule has 3 rings (SSSR count). The van der Waals surface area contributed by atoms with Gasteiger partial charge in [0.15, 0.2) is 5.82 Å². The number of rotatable bonds is 4. The molecule has 0 aliphatic carbocycles. The smallest absolute Gasteiger partial charge is 0.227 e. The van der Waals surface area contributed by atoms with Crippen molar-refractivity contribution in [2.24, 2.45) is 0 Å². The molecule has 128 valence electrons. The van der Waals surface area contributed by atoms with Gasteiger partial charge in [0.25, 0.3) is 0 Å². The zero-order valence-electron chi connectivity index (χ0n) is 14.2. The van der Waals surface area contributed by atoms with E-state index in [0.29, 0.717) is 18.1 Å². The van der Waals surface area contributed by atoms with Gasteiger partial charge < -0.3 is 14.2 Å². The fraction of sp³-hybridized carbons (Fsp3) is 0.500. The van der Waals surface area contributed by atoms with Gasteiger partial charge in [-0.25, -0.2) is 0 Å². The molecule has 1 aromatic carbocycles. The van der Waals surface area contributed by atoms with Crippen LogP contribution in [0.4, 0.5) is 0 Å². The number of para-hydroxylation sites is 1. The van der Waals surface area contributed by atoms with Crippen LogP contribution < -0.4 is 4.74 Å². The van der Waals surface area contributed by atoms with Crippen molar-refractivity contribution in [1.82, 2.24) is 15.0 Å². The maximum absolute atomic E-state index is 13.0. The standard InChI is InChI=1S/C18H23N3O3/c1-13-19-18(20-24-13)15-9-4-3-7-11-21(15)17(22)12-14-8-5-6-10-16(14)23-2/h5-6,8,10,15H,3-4,7,9,11-12H2,1-2H3/t15-/m1/s1. The predicted octanol–water partition coefficient (Wildman–Crippen LogP) is 3.07. The second-order valence-electron chi connectivity index (χ2n) is 6.11. The minimum atomic E-state index is -0.104. The van der Waals surface area contributed by atoms with Crippen molar-refractivity contribution in [3.05, 3.63) is 41.5 Å². The van der Waals surface area contributed by atoms with Crippen LogP contribution in [0.3, 0.4) is 0 Å². The van der Waals surface area contributed by atoms with Gasteiger partial charge >= 0.3 is 0 Å². The van der Waals surface area contributed by atoms with Gasteiger partial charge in [0, 0.05) is 19.0 Å². The van der Waals surface area contributed by atoms with Gasteiger partial charge in [-0.1, -0.05) is 36.2 Å². The highest BCUT2D eigenvalue weighted by Crippen LogP contribution is 2.29. The van der Waals surface area contributed by atoms with Crippen LogP contribution in [0, 0.1) is 6.92 Å². The van der Waals surface area contributed by atoms with E-state index in [1.807, 2.05) is 29.2 Å². The van der Waals surface area contributed by atoms with Crippen LogP contribution >= 0.6 is 0 Å². The number of nitrogens with zero attached hydrogens (tertiary/aromatic N) is 3. The van der Waals surface area contributed by atoms with Crippen LogP contribution in [0.15, 0.2) is 28.8 Å². The van der Waals surface area contributed by atoms with Crippen LogP contribution in [-0.4, -0.2) is 34.6 Å². The lowest BCUT2D eigenvalue weighted by molar-refractivity contribution is -0.133. The molecule has 1 saturated heterocycles. The van der Waals surface area contributed by atoms with Gasteiger partial charge in [-0.3, -0.25) is 4.79 Å². The summed E-state index contributed by atoms with van der Waals surface area (Å²) in [6, 6.07) is 7.54. The molecule has 24 heavy (non-hydrogen) atoms. The van der Waals surface area contributed by atoms with Gasteiger partial charge in [-0.15, -0.1) is 0 Å². The Morgan fingerprint density at radius 2 is 2.17 bits per heavy atom. The molecule has 0 radical (unpaired) electrons. The van der Waals surface area contributed by atoms with Gasteiger partial charge in [0.1, 0.15) is 5.75 Å². The zero-order valence-corrected chi connectivity index (χ0v) is 14.2. The van der Waals surface area contributed by atoms with Crippen molar-refractivity contribution in [3.8, 4) is 5.75 Å². The van der Waals surface area contributed by atoms with Crippen LogP contribution in [0.25, 0.3) is 0 Å². The first kappa shape index (κ1) is 16.5. The van der Waals surface area contributed by atoms with Crippen LogP contribution in [-0.2, 0) is 11.2 Å². The van der Waals surface area contributed by atoms with Gasteiger partial charge in [0.2, 0.25) is 11.8 Å². The molecule has 1 fully saturated rings. The third-order valence-electron chi connectivity index (χ3n) is 4.45. The molecule has 0 saturated carbocycles. The zero-order chi connectivity index (χ0) is 16.9. The molecule has 1 atom stereocenters. The highest BCUT2D eigenvalue weighted by Gasteiger charge is 2.30. The van der Waals surface area contributed by atoms with Gasteiger partial charge in [-0.2, -0.15) is 4.98 Å². The van der Waals surface area contributed by atoms with Gasteiger partial charge in [0.05, 0.1) is 19.6 Å². The molecule has 2 aromatic rings. The third-order valence-corrected chi connectivity index (χ3v) is 4.45. The number of hydrogen-bond acceptors (Lipinski definition) is 5. The Bertz CT molecular complexity index is 698. The van der Waals surface area contributed by atoms with E-state index in [1.165, 1.54) is 0 Å². The largest absolute Gasteiger partial charge is 0.496 e. The van der Waals surface area contributed by atoms with E-state index in [0.717, 1.165) is 43.5 Å². The van der Waals surface area contributed by atoms with E-state index in [-0.39, 0.29) is 11.9 Å². The summed E-state index contributed by atoms with van der Waals surface area (Å²) < 4.78 is 10.5. The molecule has 2 heterocycles. The van der Waals surface area contributed by atoms with E-state index in [9.17, 15) is 4.79 Å². The predicted molar refractivity (Wildman–Crippen MR) is 88.7 cm³/mol. The second-order valence-corrected chi connectivity index (χ2v) is 6.11. The van der Waals surface area contributed by atoms with E-state index >= 15 is 0 Å². The third kappa shape index (κ3) is 3.58. The molecule has 1 amide bonds. The van der Waals surface area contributed by atoms with E-state index < -0.39 is 0 Å². The average molecular weight is 329 g/mol. The van der Waals surface area contributed by atoms with Crippen molar-refractivity contribution in [2.45, 2.75) is 45.1 Å². The fourth-order valence-electron chi connectivity index (χ4n) is 3.24. The Hall–Kier alpha value is -2.37. The summed E-state index contributed by atoms with van der Waals surface area (Å²) in [6.45, 7) is 2.50. The molecule has 0 spiro atoms. The number of aromatic nitrogens is 2. The Morgan fingerprint density at radius 1 is 1.33 bits per heavy atom. The van der Waals surface area contributed by atoms with Crippen LogP contribution in [0.5, 0.6) is 5.75 Å². The lowest BCUT2D eigenvalue weighted by Crippen LogP contribution is -2.36. The number of likely N-dealkylation sites (tertiary alicyclic amines) is 1. The normalized spacial score (nSPS) is 18.2. The number of amides is 1. The minimum Gasteiger partial charge on any atom is -0.496 e. The maximum Gasteiger partial charge on any atom is 0.227 e. The molecule has 0 bridgehead atoms. The van der Waals surface area contributed by atoms with Crippen molar-refractivity contribution in [2.75, 3.05) is 13.7 Å². The number of aryl methyl sites for hydroxylation is 1. The highest BCUT2D eigenvalue weighted by molar-refractivity contribution is 5.80. The first-order valence-corrected chi connectivity index (χ1v) is 8.40. The minimum absolute atomic E-state index is 0.0776. The average Bonchev–Trinajstić information content (AvgIpc) is 2.87. The Kier molecular flexibility index (Phi) is 5.13. The number of methoxy groups -OCH3 is 1. The maximum atomic E-state index is 13.0. The lowest BCUT2D eigenvalue weighted by Gasteiger charge is -2.28. The fourth-order valence-corrected chi connectivity index (χ4v) is 3.24. The molecule has 1 aromatic heterocycles. The molecule has 6 nitrogen and oxygen atoms in total. The molecular formula is C18H23N3O3. The summed E-state index contributed by atoms with van der Waals surface area (Å²) in [5.74, 6) is 1.97. The number of ether oxygens (including phenoxy) is 1. The number of hydrogen-bond donors (Lipinski definition) is 0. The Morgan fingerprint density at radius 3 is 2.92 bits per heavy atom. The molecule has 0 N–H and O–H groups in total. The van der Waals surface area contributed by atoms with Crippen LogP contribution in [0.2, 0.25) is 0 Å². The Balaban J connectivity index is 1.82. The number of carbonyl (C=O) groups excluding carboxylic acids is 1. The van der Waals surface area contributed by atoms with Crippen molar-refractivity contribution >= 4 is 5.91 Å². The summed E-state index contributed by atoms with van der Waals surface area (Å²) >= 11 is 0.